The van der Waals surface area contributed by atoms with Crippen LogP contribution < -0.4 is 0 Å². The average molecular weight is 408 g/mol. The van der Waals surface area contributed by atoms with Crippen LogP contribution >= 0.6 is 0 Å². The highest BCUT2D eigenvalue weighted by Gasteiger charge is 2.15. The number of nitrogens with zero attached hydrogens (tertiary/aromatic N) is 1. The zero-order chi connectivity index (χ0) is 22.4. The molecule has 0 aliphatic carbocycles. The van der Waals surface area contributed by atoms with Crippen LogP contribution in [0.5, 0.6) is 0 Å². The van der Waals surface area contributed by atoms with E-state index in [9.17, 15) is 0 Å². The van der Waals surface area contributed by atoms with Crippen LogP contribution in [0.4, 0.5) is 0 Å². The fourth-order valence-electron chi connectivity index (χ4n) is 4.11. The van der Waals surface area contributed by atoms with Crippen LogP contribution in [0.3, 0.4) is 0 Å². The monoisotopic (exact) mass is 407 g/mol. The zero-order valence-corrected chi connectivity index (χ0v) is 19.1. The Labute approximate surface area is 188 Å². The molecule has 31 heavy (non-hydrogen) atoms. The summed E-state index contributed by atoms with van der Waals surface area (Å²) in [6.07, 6.45) is 0. The van der Waals surface area contributed by atoms with Crippen molar-refractivity contribution in [1.29, 1.82) is 0 Å². The Balaban J connectivity index is 2.00. The largest absolute Gasteiger partial charge is 0.291 e. The van der Waals surface area contributed by atoms with Crippen LogP contribution in [0.2, 0.25) is 0 Å². The number of rotatable bonds is 9. The maximum absolute atomic E-state index is 4.19. The summed E-state index contributed by atoms with van der Waals surface area (Å²) >= 11 is 0. The van der Waals surface area contributed by atoms with Gasteiger partial charge in [-0.2, -0.15) is 0 Å². The van der Waals surface area contributed by atoms with Gasteiger partial charge in [0.1, 0.15) is 0 Å². The predicted molar refractivity (Wildman–Crippen MR) is 136 cm³/mol. The third-order valence-electron chi connectivity index (χ3n) is 5.61. The second kappa shape index (κ2) is 10.2. The molecule has 0 saturated carbocycles. The summed E-state index contributed by atoms with van der Waals surface area (Å²) in [6, 6.07) is 25.8. The van der Waals surface area contributed by atoms with E-state index in [4.69, 9.17) is 0 Å². The van der Waals surface area contributed by atoms with E-state index >= 15 is 0 Å². The first-order chi connectivity index (χ1) is 14.9. The van der Waals surface area contributed by atoms with Crippen molar-refractivity contribution in [2.24, 2.45) is 0 Å². The van der Waals surface area contributed by atoms with Gasteiger partial charge < -0.3 is 0 Å². The molecule has 3 aromatic rings. The van der Waals surface area contributed by atoms with Gasteiger partial charge in [-0.15, -0.1) is 0 Å². The van der Waals surface area contributed by atoms with Crippen molar-refractivity contribution < 1.29 is 0 Å². The first kappa shape index (κ1) is 22.5. The summed E-state index contributed by atoms with van der Waals surface area (Å²) in [7, 11) is 0. The van der Waals surface area contributed by atoms with Crippen LogP contribution in [0.1, 0.15) is 54.2 Å². The Bertz CT molecular complexity index is 961. The molecule has 0 atom stereocenters. The lowest BCUT2D eigenvalue weighted by Crippen LogP contribution is -2.24. The quantitative estimate of drug-likeness (QED) is 0.347. The molecule has 3 rings (SSSR count). The highest BCUT2D eigenvalue weighted by atomic mass is 15.1. The summed E-state index contributed by atoms with van der Waals surface area (Å²) in [6.45, 7) is 21.4. The minimum absolute atomic E-state index is 0.845. The van der Waals surface area contributed by atoms with Gasteiger partial charge in [0.15, 0.2) is 0 Å². The SMILES string of the molecule is C=C(C)c1ccccc1CN(Cc1ccccc1C(=C)C)Cc1ccccc1C(=C)C. The Morgan fingerprint density at radius 2 is 0.774 bits per heavy atom. The van der Waals surface area contributed by atoms with E-state index in [0.29, 0.717) is 0 Å². The smallest absolute Gasteiger partial charge is 0.0246 e. The lowest BCUT2D eigenvalue weighted by atomic mass is 9.98. The van der Waals surface area contributed by atoms with Crippen LogP contribution in [0, 0.1) is 0 Å². The lowest BCUT2D eigenvalue weighted by molar-refractivity contribution is 0.247. The van der Waals surface area contributed by atoms with E-state index in [-0.39, 0.29) is 0 Å². The summed E-state index contributed by atoms with van der Waals surface area (Å²) in [5.41, 5.74) is 10.9. The van der Waals surface area contributed by atoms with Crippen LogP contribution in [-0.2, 0) is 19.6 Å². The maximum Gasteiger partial charge on any atom is 0.0246 e. The predicted octanol–water partition coefficient (Wildman–Crippen LogP) is 7.99. The molecule has 0 aliphatic rings. The first-order valence-corrected chi connectivity index (χ1v) is 10.8. The molecule has 0 saturated heterocycles. The van der Waals surface area contributed by atoms with Gasteiger partial charge in [0.2, 0.25) is 0 Å². The molecule has 0 amide bonds. The molecule has 0 bridgehead atoms. The van der Waals surface area contributed by atoms with Gasteiger partial charge >= 0.3 is 0 Å². The first-order valence-electron chi connectivity index (χ1n) is 10.8. The van der Waals surface area contributed by atoms with Gasteiger partial charge in [-0.05, 0) is 54.2 Å². The summed E-state index contributed by atoms with van der Waals surface area (Å²) in [5.74, 6) is 0. The van der Waals surface area contributed by atoms with E-state index in [1.807, 2.05) is 0 Å². The summed E-state index contributed by atoms with van der Waals surface area (Å²) in [5, 5.41) is 0. The van der Waals surface area contributed by atoms with Crippen molar-refractivity contribution in [3.05, 3.63) is 126 Å². The van der Waals surface area contributed by atoms with Gasteiger partial charge in [-0.3, -0.25) is 4.90 Å². The van der Waals surface area contributed by atoms with E-state index in [0.717, 1.165) is 36.4 Å². The Morgan fingerprint density at radius 3 is 1.03 bits per heavy atom. The molecule has 0 heterocycles. The molecule has 3 aromatic carbocycles. The molecule has 0 spiro atoms. The molecule has 0 radical (unpaired) electrons. The zero-order valence-electron chi connectivity index (χ0n) is 19.1. The minimum atomic E-state index is 0.845. The number of hydrogen-bond donors (Lipinski definition) is 0. The van der Waals surface area contributed by atoms with Gasteiger partial charge in [0.25, 0.3) is 0 Å². The highest BCUT2D eigenvalue weighted by molar-refractivity contribution is 5.66. The van der Waals surface area contributed by atoms with E-state index in [2.05, 4.69) is 118 Å². The molecule has 0 unspecified atom stereocenters. The molecule has 158 valence electrons. The molecule has 1 heteroatoms. The van der Waals surface area contributed by atoms with Crippen LogP contribution in [0.15, 0.2) is 92.5 Å². The second-order valence-corrected chi connectivity index (χ2v) is 8.46. The van der Waals surface area contributed by atoms with Gasteiger partial charge in [0.05, 0.1) is 0 Å². The molecule has 0 N–H and O–H groups in total. The van der Waals surface area contributed by atoms with E-state index < -0.39 is 0 Å². The van der Waals surface area contributed by atoms with E-state index in [1.54, 1.807) is 0 Å². The van der Waals surface area contributed by atoms with Crippen molar-refractivity contribution in [1.82, 2.24) is 4.90 Å². The van der Waals surface area contributed by atoms with Crippen molar-refractivity contribution in [3.63, 3.8) is 0 Å². The molecule has 0 aromatic heterocycles. The normalized spacial score (nSPS) is 10.8. The Morgan fingerprint density at radius 1 is 0.516 bits per heavy atom. The molecule has 1 nitrogen and oxygen atoms in total. The molecule has 0 fully saturated rings. The molecular weight excluding hydrogens is 374 g/mol. The third-order valence-corrected chi connectivity index (χ3v) is 5.61. The fraction of sp³-hybridized carbons (Fsp3) is 0.200. The summed E-state index contributed by atoms with van der Waals surface area (Å²) in [4.78, 5) is 2.51. The number of hydrogen-bond acceptors (Lipinski definition) is 1. The maximum atomic E-state index is 4.19. The van der Waals surface area contributed by atoms with E-state index in [1.165, 1.54) is 33.4 Å². The van der Waals surface area contributed by atoms with Crippen LogP contribution in [0.25, 0.3) is 16.7 Å². The fourth-order valence-corrected chi connectivity index (χ4v) is 4.11. The highest BCUT2D eigenvalue weighted by Crippen LogP contribution is 2.26. The van der Waals surface area contributed by atoms with Crippen molar-refractivity contribution in [2.45, 2.75) is 40.4 Å². The van der Waals surface area contributed by atoms with Gasteiger partial charge in [-0.1, -0.05) is 109 Å². The second-order valence-electron chi connectivity index (χ2n) is 8.46. The van der Waals surface area contributed by atoms with Gasteiger partial charge in [0, 0.05) is 19.6 Å². The third kappa shape index (κ3) is 5.71. The Kier molecular flexibility index (Phi) is 7.44. The molecule has 0 aliphatic heterocycles. The Hall–Kier alpha value is -3.16. The number of allylic oxidation sites excluding steroid dienone is 3. The topological polar surface area (TPSA) is 3.24 Å². The minimum Gasteiger partial charge on any atom is -0.291 e. The summed E-state index contributed by atoms with van der Waals surface area (Å²) < 4.78 is 0. The molecular formula is C30H33N. The lowest BCUT2D eigenvalue weighted by Gasteiger charge is -2.26. The van der Waals surface area contributed by atoms with Crippen LogP contribution in [-0.4, -0.2) is 4.90 Å². The number of benzene rings is 3. The van der Waals surface area contributed by atoms with Crippen molar-refractivity contribution in [2.75, 3.05) is 0 Å². The van der Waals surface area contributed by atoms with Crippen molar-refractivity contribution >= 4 is 16.7 Å². The standard InChI is InChI=1S/C30H33N/c1-22(2)28-16-10-7-13-25(28)19-31(20-26-14-8-11-17-29(26)23(3)4)21-27-15-9-12-18-30(27)24(5)6/h7-18H,1,3,5,19-21H2,2,4,6H3. The average Bonchev–Trinajstić information content (AvgIpc) is 2.74. The van der Waals surface area contributed by atoms with Gasteiger partial charge in [-0.25, -0.2) is 0 Å². The van der Waals surface area contributed by atoms with Crippen molar-refractivity contribution in [3.8, 4) is 0 Å².